The Morgan fingerprint density at radius 1 is 1.24 bits per heavy atom. The quantitative estimate of drug-likeness (QED) is 0.490. The summed E-state index contributed by atoms with van der Waals surface area (Å²) in [5, 5.41) is 5.05. The van der Waals surface area contributed by atoms with Gasteiger partial charge in [0.25, 0.3) is 10.0 Å². The average molecular weight is 423 g/mol. The lowest BCUT2D eigenvalue weighted by molar-refractivity contribution is -0.121. The number of aromatic nitrogens is 1. The van der Waals surface area contributed by atoms with Crippen LogP contribution in [0.3, 0.4) is 0 Å². The molecule has 29 heavy (non-hydrogen) atoms. The Bertz CT molecular complexity index is 942. The lowest BCUT2D eigenvalue weighted by Crippen LogP contribution is -2.37. The van der Waals surface area contributed by atoms with Gasteiger partial charge in [0.15, 0.2) is 0 Å². The van der Waals surface area contributed by atoms with E-state index in [4.69, 9.17) is 4.74 Å². The van der Waals surface area contributed by atoms with Gasteiger partial charge >= 0.3 is 6.03 Å². The largest absolute Gasteiger partial charge is 0.492 e. The molecule has 0 spiro atoms. The Kier molecular flexibility index (Phi) is 7.66. The third-order valence-electron chi connectivity index (χ3n) is 4.04. The third kappa shape index (κ3) is 6.24. The molecule has 0 bridgehead atoms. The summed E-state index contributed by atoms with van der Waals surface area (Å²) in [4.78, 5) is 26.7. The number of hydrogen-bond acceptors (Lipinski definition) is 5. The van der Waals surface area contributed by atoms with Crippen LogP contribution in [-0.2, 0) is 21.2 Å². The molecule has 0 aliphatic carbocycles. The zero-order chi connectivity index (χ0) is 21.4. The summed E-state index contributed by atoms with van der Waals surface area (Å²) in [6, 6.07) is 7.07. The van der Waals surface area contributed by atoms with Gasteiger partial charge in [0.05, 0.1) is 19.1 Å². The molecule has 0 saturated carbocycles. The highest BCUT2D eigenvalue weighted by molar-refractivity contribution is 7.90. The summed E-state index contributed by atoms with van der Waals surface area (Å²) in [6.45, 7) is 4.05. The molecule has 0 aliphatic rings. The summed E-state index contributed by atoms with van der Waals surface area (Å²) >= 11 is 0. The Morgan fingerprint density at radius 3 is 2.62 bits per heavy atom. The average Bonchev–Trinajstić information content (AvgIpc) is 3.21. The molecule has 10 heteroatoms. The molecule has 2 aromatic rings. The van der Waals surface area contributed by atoms with Crippen LogP contribution < -0.4 is 20.1 Å². The van der Waals surface area contributed by atoms with Crippen molar-refractivity contribution in [3.8, 4) is 5.75 Å². The Hall–Kier alpha value is -3.01. The van der Waals surface area contributed by atoms with E-state index in [0.717, 1.165) is 5.69 Å². The molecule has 0 saturated heterocycles. The zero-order valence-corrected chi connectivity index (χ0v) is 17.4. The Labute approximate surface area is 170 Å². The van der Waals surface area contributed by atoms with Crippen molar-refractivity contribution in [2.45, 2.75) is 37.6 Å². The van der Waals surface area contributed by atoms with Crippen LogP contribution in [0.1, 0.15) is 37.6 Å². The number of aromatic amines is 1. The maximum absolute atomic E-state index is 12.6. The van der Waals surface area contributed by atoms with Gasteiger partial charge < -0.3 is 20.4 Å². The van der Waals surface area contributed by atoms with Crippen molar-refractivity contribution in [2.75, 3.05) is 13.7 Å². The molecule has 4 N–H and O–H groups in total. The van der Waals surface area contributed by atoms with E-state index in [1.54, 1.807) is 12.3 Å². The van der Waals surface area contributed by atoms with Crippen molar-refractivity contribution >= 4 is 22.0 Å². The number of benzene rings is 1. The fourth-order valence-electron chi connectivity index (χ4n) is 2.60. The summed E-state index contributed by atoms with van der Waals surface area (Å²) in [6.07, 6.45) is 2.42. The van der Waals surface area contributed by atoms with Crippen molar-refractivity contribution in [2.24, 2.45) is 0 Å². The van der Waals surface area contributed by atoms with Crippen LogP contribution in [0.4, 0.5) is 4.79 Å². The fourth-order valence-corrected chi connectivity index (χ4v) is 3.76. The molecule has 0 fully saturated rings. The van der Waals surface area contributed by atoms with Crippen molar-refractivity contribution in [1.29, 1.82) is 0 Å². The number of nitrogens with one attached hydrogen (secondary N) is 4. The molecule has 1 heterocycles. The number of sulfonamides is 1. The van der Waals surface area contributed by atoms with E-state index in [0.29, 0.717) is 18.6 Å². The SMILES string of the molecule is CCCOc1ccc(CC(=O)NC(C)c2ccc[nH]2)cc1S(=O)(=O)NC(=O)NC. The van der Waals surface area contributed by atoms with Crippen molar-refractivity contribution < 1.29 is 22.7 Å². The summed E-state index contributed by atoms with van der Waals surface area (Å²) < 4.78 is 32.6. The van der Waals surface area contributed by atoms with Gasteiger partial charge in [-0.25, -0.2) is 17.9 Å². The smallest absolute Gasteiger partial charge is 0.328 e. The zero-order valence-electron chi connectivity index (χ0n) is 16.6. The Morgan fingerprint density at radius 2 is 2.00 bits per heavy atom. The minimum atomic E-state index is -4.17. The number of urea groups is 1. The number of carbonyl (C=O) groups excluding carboxylic acids is 2. The van der Waals surface area contributed by atoms with Crippen LogP contribution in [0, 0.1) is 0 Å². The van der Waals surface area contributed by atoms with Gasteiger partial charge in [0.1, 0.15) is 10.6 Å². The second-order valence-corrected chi connectivity index (χ2v) is 8.06. The molecular weight excluding hydrogens is 396 g/mol. The van der Waals surface area contributed by atoms with Crippen LogP contribution >= 0.6 is 0 Å². The van der Waals surface area contributed by atoms with Gasteiger partial charge in [-0.2, -0.15) is 0 Å². The third-order valence-corrected chi connectivity index (χ3v) is 5.40. The predicted octanol–water partition coefficient (Wildman–Crippen LogP) is 1.84. The van der Waals surface area contributed by atoms with Gasteiger partial charge in [-0.1, -0.05) is 13.0 Å². The van der Waals surface area contributed by atoms with Gasteiger partial charge in [-0.15, -0.1) is 0 Å². The van der Waals surface area contributed by atoms with Crippen molar-refractivity contribution in [3.05, 3.63) is 47.8 Å². The standard InChI is InChI=1S/C19H26N4O5S/c1-4-10-28-16-8-7-14(11-17(16)29(26,27)23-19(25)20-3)12-18(24)22-13(2)15-6-5-9-21-15/h5-9,11,13,21H,4,10,12H2,1-3H3,(H,22,24)(H2,20,23,25). The lowest BCUT2D eigenvalue weighted by atomic mass is 10.1. The predicted molar refractivity (Wildman–Crippen MR) is 108 cm³/mol. The van der Waals surface area contributed by atoms with Gasteiger partial charge in [-0.05, 0) is 43.2 Å². The number of H-pyrrole nitrogens is 1. The van der Waals surface area contributed by atoms with Gasteiger partial charge in [0, 0.05) is 18.9 Å². The van der Waals surface area contributed by atoms with E-state index in [2.05, 4.69) is 15.6 Å². The van der Waals surface area contributed by atoms with Crippen LogP contribution in [0.15, 0.2) is 41.4 Å². The first-order valence-electron chi connectivity index (χ1n) is 9.19. The number of ether oxygens (including phenoxy) is 1. The second-order valence-electron chi connectivity index (χ2n) is 6.41. The number of amides is 3. The molecule has 1 atom stereocenters. The first kappa shape index (κ1) is 22.3. The van der Waals surface area contributed by atoms with Gasteiger partial charge in [0.2, 0.25) is 5.91 Å². The molecule has 3 amide bonds. The topological polar surface area (TPSA) is 129 Å². The Balaban J connectivity index is 2.22. The molecule has 0 radical (unpaired) electrons. The summed E-state index contributed by atoms with van der Waals surface area (Å²) in [5.74, 6) is -0.149. The highest BCUT2D eigenvalue weighted by Gasteiger charge is 2.23. The van der Waals surface area contributed by atoms with Crippen LogP contribution in [0.5, 0.6) is 5.75 Å². The van der Waals surface area contributed by atoms with Crippen molar-refractivity contribution in [1.82, 2.24) is 20.3 Å². The molecule has 0 aliphatic heterocycles. The van der Waals surface area contributed by atoms with E-state index >= 15 is 0 Å². The molecule has 9 nitrogen and oxygen atoms in total. The molecule has 1 aromatic carbocycles. The van der Waals surface area contributed by atoms with E-state index in [1.165, 1.54) is 19.2 Å². The van der Waals surface area contributed by atoms with Crippen LogP contribution in [-0.4, -0.2) is 39.0 Å². The van der Waals surface area contributed by atoms with E-state index in [9.17, 15) is 18.0 Å². The molecular formula is C19H26N4O5S. The monoisotopic (exact) mass is 422 g/mol. The minimum Gasteiger partial charge on any atom is -0.492 e. The van der Waals surface area contributed by atoms with Gasteiger partial charge in [-0.3, -0.25) is 4.79 Å². The number of carbonyl (C=O) groups is 2. The molecule has 1 unspecified atom stereocenters. The van der Waals surface area contributed by atoms with Crippen molar-refractivity contribution in [3.63, 3.8) is 0 Å². The van der Waals surface area contributed by atoms with E-state index < -0.39 is 16.1 Å². The second kappa shape index (κ2) is 9.97. The van der Waals surface area contributed by atoms with Crippen LogP contribution in [0.25, 0.3) is 0 Å². The highest BCUT2D eigenvalue weighted by Crippen LogP contribution is 2.26. The van der Waals surface area contributed by atoms with E-state index in [1.807, 2.05) is 30.7 Å². The lowest BCUT2D eigenvalue weighted by Gasteiger charge is -2.15. The number of rotatable bonds is 9. The summed E-state index contributed by atoms with van der Waals surface area (Å²) in [7, 11) is -2.86. The first-order chi connectivity index (χ1) is 13.8. The van der Waals surface area contributed by atoms with E-state index in [-0.39, 0.29) is 29.0 Å². The summed E-state index contributed by atoms with van der Waals surface area (Å²) in [5.41, 5.74) is 1.34. The maximum Gasteiger partial charge on any atom is 0.328 e. The molecule has 1 aromatic heterocycles. The normalized spacial score (nSPS) is 12.1. The van der Waals surface area contributed by atoms with Crippen LogP contribution in [0.2, 0.25) is 0 Å². The maximum atomic E-state index is 12.6. The highest BCUT2D eigenvalue weighted by atomic mass is 32.2. The fraction of sp³-hybridized carbons (Fsp3) is 0.368. The first-order valence-corrected chi connectivity index (χ1v) is 10.7. The molecule has 158 valence electrons. The number of hydrogen-bond donors (Lipinski definition) is 4. The molecule has 2 rings (SSSR count). The minimum absolute atomic E-state index is 0.0262.